The summed E-state index contributed by atoms with van der Waals surface area (Å²) in [6.07, 6.45) is 11.1. The van der Waals surface area contributed by atoms with Crippen molar-refractivity contribution in [2.24, 2.45) is 0 Å². The molecule has 2 aromatic rings. The summed E-state index contributed by atoms with van der Waals surface area (Å²) in [5, 5.41) is 4.05. The molecule has 2 fully saturated rings. The van der Waals surface area contributed by atoms with Crippen LogP contribution in [0.1, 0.15) is 56.9 Å². The van der Waals surface area contributed by atoms with Crippen molar-refractivity contribution in [3.63, 3.8) is 0 Å². The van der Waals surface area contributed by atoms with E-state index < -0.39 is 5.41 Å². The van der Waals surface area contributed by atoms with Crippen LogP contribution in [-0.4, -0.2) is 28.0 Å². The van der Waals surface area contributed by atoms with Gasteiger partial charge in [-0.05, 0) is 62.3 Å². The fraction of sp³-hybridized carbons (Fsp3) is 0.500. The summed E-state index contributed by atoms with van der Waals surface area (Å²) >= 11 is 6.05. The molecular formula is C22H26ClN3O2. The molecule has 0 spiro atoms. The lowest BCUT2D eigenvalue weighted by Gasteiger charge is -2.34. The van der Waals surface area contributed by atoms with Crippen molar-refractivity contribution >= 4 is 17.5 Å². The van der Waals surface area contributed by atoms with Gasteiger partial charge in [0.2, 0.25) is 5.91 Å². The number of carbonyl (C=O) groups is 1. The molecule has 2 aliphatic rings. The normalized spacial score (nSPS) is 23.9. The standard InChI is InChI=1S/C22H26ClN3O2/c23-17-6-4-16(5-7-17)22(12-1-2-13-22)20(27)26-18-8-10-19(11-9-18)28-21-24-14-3-15-25-21/h3-7,14-15,18-19H,1-2,8-13H2,(H,26,27). The van der Waals surface area contributed by atoms with Crippen molar-refractivity contribution in [1.29, 1.82) is 0 Å². The van der Waals surface area contributed by atoms with E-state index in [0.29, 0.717) is 11.0 Å². The summed E-state index contributed by atoms with van der Waals surface area (Å²) in [6, 6.07) is 10.2. The van der Waals surface area contributed by atoms with Gasteiger partial charge in [0.15, 0.2) is 0 Å². The zero-order valence-corrected chi connectivity index (χ0v) is 16.7. The fourth-order valence-electron chi connectivity index (χ4n) is 4.54. The van der Waals surface area contributed by atoms with E-state index in [9.17, 15) is 4.79 Å². The quantitative estimate of drug-likeness (QED) is 0.806. The number of carbonyl (C=O) groups excluding carboxylic acids is 1. The highest BCUT2D eigenvalue weighted by molar-refractivity contribution is 6.30. The number of nitrogens with zero attached hydrogens (tertiary/aromatic N) is 2. The minimum atomic E-state index is -0.407. The lowest BCUT2D eigenvalue weighted by molar-refractivity contribution is -0.127. The maximum absolute atomic E-state index is 13.3. The van der Waals surface area contributed by atoms with Gasteiger partial charge in [0.05, 0.1) is 5.41 Å². The largest absolute Gasteiger partial charge is 0.460 e. The third kappa shape index (κ3) is 4.14. The Morgan fingerprint density at radius 1 is 1.04 bits per heavy atom. The van der Waals surface area contributed by atoms with Gasteiger partial charge in [-0.25, -0.2) is 9.97 Å². The third-order valence-electron chi connectivity index (χ3n) is 6.11. The number of amides is 1. The van der Waals surface area contributed by atoms with E-state index >= 15 is 0 Å². The first-order chi connectivity index (χ1) is 13.7. The van der Waals surface area contributed by atoms with Gasteiger partial charge in [0.25, 0.3) is 0 Å². The van der Waals surface area contributed by atoms with E-state index in [4.69, 9.17) is 16.3 Å². The van der Waals surface area contributed by atoms with Crippen LogP contribution in [-0.2, 0) is 10.2 Å². The molecule has 6 heteroatoms. The molecule has 2 aliphatic carbocycles. The van der Waals surface area contributed by atoms with Crippen LogP contribution in [0.4, 0.5) is 0 Å². The average molecular weight is 400 g/mol. The Labute approximate surface area is 170 Å². The topological polar surface area (TPSA) is 64.1 Å². The molecule has 0 unspecified atom stereocenters. The number of benzene rings is 1. The Balaban J connectivity index is 1.36. The number of aromatic nitrogens is 2. The molecule has 1 N–H and O–H groups in total. The van der Waals surface area contributed by atoms with Crippen molar-refractivity contribution < 1.29 is 9.53 Å². The molecule has 1 heterocycles. The summed E-state index contributed by atoms with van der Waals surface area (Å²) in [6.45, 7) is 0. The van der Waals surface area contributed by atoms with E-state index in [-0.39, 0.29) is 18.1 Å². The molecule has 0 saturated heterocycles. The summed E-state index contributed by atoms with van der Waals surface area (Å²) in [5.74, 6) is 0.170. The van der Waals surface area contributed by atoms with Crippen molar-refractivity contribution in [3.05, 3.63) is 53.3 Å². The molecule has 1 aromatic carbocycles. The molecule has 4 rings (SSSR count). The number of hydrogen-bond acceptors (Lipinski definition) is 4. The van der Waals surface area contributed by atoms with Crippen molar-refractivity contribution in [2.45, 2.75) is 68.9 Å². The molecule has 0 bridgehead atoms. The van der Waals surface area contributed by atoms with Crippen LogP contribution < -0.4 is 10.1 Å². The van der Waals surface area contributed by atoms with Gasteiger partial charge in [0.1, 0.15) is 6.10 Å². The number of hydrogen-bond donors (Lipinski definition) is 1. The smallest absolute Gasteiger partial charge is 0.316 e. The summed E-state index contributed by atoms with van der Waals surface area (Å²) in [5.41, 5.74) is 0.681. The Morgan fingerprint density at radius 2 is 1.68 bits per heavy atom. The van der Waals surface area contributed by atoms with E-state index in [1.54, 1.807) is 18.5 Å². The minimum Gasteiger partial charge on any atom is -0.460 e. The lowest BCUT2D eigenvalue weighted by atomic mass is 9.77. The van der Waals surface area contributed by atoms with Crippen LogP contribution in [0.3, 0.4) is 0 Å². The van der Waals surface area contributed by atoms with Gasteiger partial charge in [-0.3, -0.25) is 4.79 Å². The van der Waals surface area contributed by atoms with Gasteiger partial charge in [-0.1, -0.05) is 36.6 Å². The van der Waals surface area contributed by atoms with Gasteiger partial charge < -0.3 is 10.1 Å². The third-order valence-corrected chi connectivity index (χ3v) is 6.36. The maximum Gasteiger partial charge on any atom is 0.316 e. The molecule has 1 amide bonds. The van der Waals surface area contributed by atoms with Crippen LogP contribution in [0, 0.1) is 0 Å². The zero-order chi connectivity index (χ0) is 19.4. The summed E-state index contributed by atoms with van der Waals surface area (Å²) < 4.78 is 5.86. The van der Waals surface area contributed by atoms with Crippen LogP contribution in [0.5, 0.6) is 6.01 Å². The predicted molar refractivity (Wildman–Crippen MR) is 108 cm³/mol. The van der Waals surface area contributed by atoms with Gasteiger partial charge in [-0.15, -0.1) is 0 Å². The minimum absolute atomic E-state index is 0.118. The first-order valence-corrected chi connectivity index (χ1v) is 10.5. The second-order valence-electron chi connectivity index (χ2n) is 7.89. The highest BCUT2D eigenvalue weighted by Gasteiger charge is 2.43. The van der Waals surface area contributed by atoms with Crippen LogP contribution >= 0.6 is 11.6 Å². The summed E-state index contributed by atoms with van der Waals surface area (Å²) in [4.78, 5) is 21.6. The Morgan fingerprint density at radius 3 is 2.32 bits per heavy atom. The first-order valence-electron chi connectivity index (χ1n) is 10.2. The first kappa shape index (κ1) is 19.2. The molecule has 0 atom stereocenters. The number of halogens is 1. The highest BCUT2D eigenvalue weighted by Crippen LogP contribution is 2.42. The van der Waals surface area contributed by atoms with Crippen LogP contribution in [0.15, 0.2) is 42.7 Å². The van der Waals surface area contributed by atoms with Crippen LogP contribution in [0.2, 0.25) is 5.02 Å². The Hall–Kier alpha value is -2.14. The molecule has 1 aromatic heterocycles. The zero-order valence-electron chi connectivity index (χ0n) is 15.9. The lowest BCUT2D eigenvalue weighted by Crippen LogP contribution is -2.48. The van der Waals surface area contributed by atoms with E-state index in [2.05, 4.69) is 15.3 Å². The Bertz CT molecular complexity index is 783. The number of ether oxygens (including phenoxy) is 1. The molecule has 0 radical (unpaired) electrons. The van der Waals surface area contributed by atoms with Crippen LogP contribution in [0.25, 0.3) is 0 Å². The van der Waals surface area contributed by atoms with Crippen molar-refractivity contribution in [3.8, 4) is 6.01 Å². The molecule has 5 nitrogen and oxygen atoms in total. The number of nitrogens with one attached hydrogen (secondary N) is 1. The van der Waals surface area contributed by atoms with Gasteiger partial charge in [-0.2, -0.15) is 0 Å². The van der Waals surface area contributed by atoms with Crippen molar-refractivity contribution in [1.82, 2.24) is 15.3 Å². The molecule has 0 aliphatic heterocycles. The molecular weight excluding hydrogens is 374 g/mol. The highest BCUT2D eigenvalue weighted by atomic mass is 35.5. The SMILES string of the molecule is O=C(NC1CCC(Oc2ncccn2)CC1)C1(c2ccc(Cl)cc2)CCCC1. The van der Waals surface area contributed by atoms with Gasteiger partial charge >= 0.3 is 6.01 Å². The summed E-state index contributed by atoms with van der Waals surface area (Å²) in [7, 11) is 0. The predicted octanol–water partition coefficient (Wildman–Crippen LogP) is 4.45. The molecule has 2 saturated carbocycles. The van der Waals surface area contributed by atoms with E-state index in [0.717, 1.165) is 56.9 Å². The van der Waals surface area contributed by atoms with E-state index in [1.165, 1.54) is 0 Å². The molecule has 148 valence electrons. The monoisotopic (exact) mass is 399 g/mol. The second kappa shape index (κ2) is 8.48. The molecule has 28 heavy (non-hydrogen) atoms. The van der Waals surface area contributed by atoms with Gasteiger partial charge in [0, 0.05) is 23.5 Å². The maximum atomic E-state index is 13.3. The average Bonchev–Trinajstić information content (AvgIpc) is 3.22. The fourth-order valence-corrected chi connectivity index (χ4v) is 4.66. The number of rotatable bonds is 5. The van der Waals surface area contributed by atoms with Crippen molar-refractivity contribution in [2.75, 3.05) is 0 Å². The second-order valence-corrected chi connectivity index (χ2v) is 8.33. The van der Waals surface area contributed by atoms with E-state index in [1.807, 2.05) is 24.3 Å². The Kier molecular flexibility index (Phi) is 5.81.